The lowest BCUT2D eigenvalue weighted by Crippen LogP contribution is -2.24. The maximum atomic E-state index is 11.2. The van der Waals surface area contributed by atoms with Crippen molar-refractivity contribution in [3.05, 3.63) is 5.82 Å². The molecule has 17 heavy (non-hydrogen) atoms. The van der Waals surface area contributed by atoms with Crippen molar-refractivity contribution in [1.29, 1.82) is 0 Å². The van der Waals surface area contributed by atoms with Crippen LogP contribution < -0.4 is 5.32 Å². The van der Waals surface area contributed by atoms with E-state index in [-0.39, 0.29) is 6.04 Å². The largest absolute Gasteiger partial charge is 0.310 e. The van der Waals surface area contributed by atoms with E-state index in [4.69, 9.17) is 0 Å². The molecule has 7 heteroatoms. The lowest BCUT2D eigenvalue weighted by atomic mass is 10.2. The van der Waals surface area contributed by atoms with Crippen molar-refractivity contribution in [2.45, 2.75) is 33.4 Å². The summed E-state index contributed by atoms with van der Waals surface area (Å²) in [4.78, 5) is 0. The summed E-state index contributed by atoms with van der Waals surface area (Å²) in [6, 6.07) is 0.0617. The monoisotopic (exact) mass is 259 g/mol. The zero-order chi connectivity index (χ0) is 12.8. The molecule has 1 heterocycles. The van der Waals surface area contributed by atoms with Crippen molar-refractivity contribution in [3.8, 4) is 0 Å². The molecule has 1 aromatic heterocycles. The number of nitrogens with zero attached hydrogens (tertiary/aromatic N) is 4. The highest BCUT2D eigenvalue weighted by molar-refractivity contribution is 7.84. The number of nitrogens with one attached hydrogen (secondary N) is 1. The van der Waals surface area contributed by atoms with Gasteiger partial charge in [-0.25, -0.2) is 4.68 Å². The Morgan fingerprint density at radius 1 is 1.41 bits per heavy atom. The van der Waals surface area contributed by atoms with Gasteiger partial charge in [-0.15, -0.1) is 5.10 Å². The van der Waals surface area contributed by atoms with Crippen molar-refractivity contribution in [1.82, 2.24) is 25.5 Å². The van der Waals surface area contributed by atoms with Crippen molar-refractivity contribution >= 4 is 10.8 Å². The molecule has 1 rings (SSSR count). The van der Waals surface area contributed by atoms with E-state index in [1.54, 1.807) is 10.9 Å². The minimum absolute atomic E-state index is 0.0617. The van der Waals surface area contributed by atoms with Crippen molar-refractivity contribution in [2.75, 3.05) is 18.6 Å². The van der Waals surface area contributed by atoms with E-state index in [1.807, 2.05) is 6.92 Å². The van der Waals surface area contributed by atoms with Crippen molar-refractivity contribution in [2.24, 2.45) is 5.92 Å². The van der Waals surface area contributed by atoms with E-state index >= 15 is 0 Å². The molecule has 2 atom stereocenters. The molecular formula is C10H21N5OS. The van der Waals surface area contributed by atoms with Crippen LogP contribution in [0.5, 0.6) is 0 Å². The van der Waals surface area contributed by atoms with E-state index in [0.717, 1.165) is 12.4 Å². The average molecular weight is 259 g/mol. The second-order valence-electron chi connectivity index (χ2n) is 4.65. The van der Waals surface area contributed by atoms with Gasteiger partial charge in [-0.1, -0.05) is 13.8 Å². The van der Waals surface area contributed by atoms with Crippen LogP contribution in [0, 0.1) is 5.92 Å². The summed E-state index contributed by atoms with van der Waals surface area (Å²) in [5.41, 5.74) is 0. The zero-order valence-corrected chi connectivity index (χ0v) is 11.7. The van der Waals surface area contributed by atoms with Crippen molar-refractivity contribution < 1.29 is 4.21 Å². The molecule has 6 nitrogen and oxygen atoms in total. The second-order valence-corrected chi connectivity index (χ2v) is 6.13. The fraction of sp³-hybridized carbons (Fsp3) is 0.900. The predicted molar refractivity (Wildman–Crippen MR) is 68.0 cm³/mol. The Balaban J connectivity index is 2.56. The van der Waals surface area contributed by atoms with Crippen LogP contribution in [-0.4, -0.2) is 43.0 Å². The summed E-state index contributed by atoms with van der Waals surface area (Å²) in [6.45, 7) is 7.86. The van der Waals surface area contributed by atoms with Gasteiger partial charge in [-0.2, -0.15) is 0 Å². The van der Waals surface area contributed by atoms with Crippen LogP contribution in [0.3, 0.4) is 0 Å². The Morgan fingerprint density at radius 2 is 2.12 bits per heavy atom. The maximum absolute atomic E-state index is 11.2. The van der Waals surface area contributed by atoms with Crippen LogP contribution in [0.4, 0.5) is 0 Å². The summed E-state index contributed by atoms with van der Waals surface area (Å²) in [5.74, 6) is 1.96. The third-order valence-corrected chi connectivity index (χ3v) is 3.24. The van der Waals surface area contributed by atoms with E-state index in [1.165, 1.54) is 0 Å². The molecule has 1 N–H and O–H groups in total. The molecular weight excluding hydrogens is 238 g/mol. The van der Waals surface area contributed by atoms with E-state index in [0.29, 0.717) is 18.2 Å². The zero-order valence-electron chi connectivity index (χ0n) is 10.9. The normalized spacial score (nSPS) is 15.1. The molecule has 0 aliphatic carbocycles. The van der Waals surface area contributed by atoms with Gasteiger partial charge in [-0.3, -0.25) is 4.21 Å². The Kier molecular flexibility index (Phi) is 5.70. The van der Waals surface area contributed by atoms with Gasteiger partial charge in [0.25, 0.3) is 0 Å². The average Bonchev–Trinajstić information content (AvgIpc) is 2.64. The Labute approximate surface area is 105 Å². The molecule has 0 aromatic carbocycles. The standard InChI is InChI=1S/C10H21N5OS/c1-8(2)5-11-6-10-12-13-14-15(10)9(3)7-17(4)16/h8-9,11H,5-7H2,1-4H3. The highest BCUT2D eigenvalue weighted by Crippen LogP contribution is 2.07. The summed E-state index contributed by atoms with van der Waals surface area (Å²) in [7, 11) is -0.838. The third kappa shape index (κ3) is 4.91. The van der Waals surface area contributed by atoms with Crippen LogP contribution in [0.15, 0.2) is 0 Å². The third-order valence-electron chi connectivity index (χ3n) is 2.29. The Hall–Kier alpha value is -0.820. The lowest BCUT2D eigenvalue weighted by Gasteiger charge is -2.12. The molecule has 1 aromatic rings. The Morgan fingerprint density at radius 3 is 2.71 bits per heavy atom. The first-order chi connectivity index (χ1) is 8.00. The predicted octanol–water partition coefficient (Wildman–Crippen LogP) is 0.358. The van der Waals surface area contributed by atoms with E-state index in [2.05, 4.69) is 34.7 Å². The molecule has 98 valence electrons. The van der Waals surface area contributed by atoms with E-state index < -0.39 is 10.8 Å². The first-order valence-electron chi connectivity index (χ1n) is 5.78. The van der Waals surface area contributed by atoms with Gasteiger partial charge in [0.2, 0.25) is 0 Å². The molecule has 0 radical (unpaired) electrons. The van der Waals surface area contributed by atoms with Crippen LogP contribution in [-0.2, 0) is 17.3 Å². The number of aromatic nitrogens is 4. The van der Waals surface area contributed by atoms with Crippen LogP contribution in [0.1, 0.15) is 32.6 Å². The molecule has 2 unspecified atom stereocenters. The van der Waals surface area contributed by atoms with Gasteiger partial charge >= 0.3 is 0 Å². The van der Waals surface area contributed by atoms with Gasteiger partial charge in [0.15, 0.2) is 5.82 Å². The van der Waals surface area contributed by atoms with Crippen LogP contribution in [0.25, 0.3) is 0 Å². The van der Waals surface area contributed by atoms with Crippen molar-refractivity contribution in [3.63, 3.8) is 0 Å². The molecule has 0 aliphatic heterocycles. The SMILES string of the molecule is CC(C)CNCc1nnnn1C(C)CS(C)=O. The highest BCUT2D eigenvalue weighted by Gasteiger charge is 2.13. The molecule has 0 fully saturated rings. The first kappa shape index (κ1) is 14.2. The Bertz CT molecular complexity index is 365. The summed E-state index contributed by atoms with van der Waals surface area (Å²) in [6.07, 6.45) is 1.69. The smallest absolute Gasteiger partial charge is 0.165 e. The molecule has 0 aliphatic rings. The molecule has 0 saturated heterocycles. The summed E-state index contributed by atoms with van der Waals surface area (Å²) >= 11 is 0. The van der Waals surface area contributed by atoms with Gasteiger partial charge < -0.3 is 5.32 Å². The molecule has 0 bridgehead atoms. The molecule has 0 spiro atoms. The van der Waals surface area contributed by atoms with Gasteiger partial charge in [0, 0.05) is 22.8 Å². The highest BCUT2D eigenvalue weighted by atomic mass is 32.2. The summed E-state index contributed by atoms with van der Waals surface area (Å²) < 4.78 is 12.9. The fourth-order valence-electron chi connectivity index (χ4n) is 1.55. The van der Waals surface area contributed by atoms with E-state index in [9.17, 15) is 4.21 Å². The van der Waals surface area contributed by atoms with Gasteiger partial charge in [0.05, 0.1) is 12.6 Å². The number of hydrogen-bond donors (Lipinski definition) is 1. The minimum atomic E-state index is -0.838. The first-order valence-corrected chi connectivity index (χ1v) is 7.51. The lowest BCUT2D eigenvalue weighted by molar-refractivity contribution is 0.472. The number of hydrogen-bond acceptors (Lipinski definition) is 5. The van der Waals surface area contributed by atoms with Crippen LogP contribution in [0.2, 0.25) is 0 Å². The minimum Gasteiger partial charge on any atom is -0.310 e. The second kappa shape index (κ2) is 6.80. The molecule has 0 saturated carbocycles. The maximum Gasteiger partial charge on any atom is 0.165 e. The van der Waals surface area contributed by atoms with Gasteiger partial charge in [0.1, 0.15) is 0 Å². The quantitative estimate of drug-likeness (QED) is 0.765. The summed E-state index contributed by atoms with van der Waals surface area (Å²) in [5, 5.41) is 14.9. The number of tetrazole rings is 1. The fourth-order valence-corrected chi connectivity index (χ4v) is 2.37. The van der Waals surface area contributed by atoms with Gasteiger partial charge in [-0.05, 0) is 29.8 Å². The molecule has 0 amide bonds. The topological polar surface area (TPSA) is 72.7 Å². The van der Waals surface area contributed by atoms with Crippen LogP contribution >= 0.6 is 0 Å². The number of rotatable bonds is 7.